The minimum absolute atomic E-state index is 0. The van der Waals surface area contributed by atoms with Gasteiger partial charge < -0.3 is 15.4 Å². The average molecular weight is 366 g/mol. The number of benzene rings is 1. The monoisotopic (exact) mass is 366 g/mol. The molecule has 0 aliphatic rings. The Hall–Kier alpha value is -0.936. The second-order valence-electron chi connectivity index (χ2n) is 5.44. The van der Waals surface area contributed by atoms with Crippen LogP contribution in [0, 0.1) is 13.0 Å². The van der Waals surface area contributed by atoms with Crippen LogP contribution in [0.5, 0.6) is 0 Å². The molecule has 0 unspecified atom stereocenters. The molecule has 1 rings (SSSR count). The molecule has 0 bridgehead atoms. The SMILES string of the molecule is Cc1[c-]cc(C(=O)NCCNC(=O)OC(C)(C)C)cc1.[Y]. The first-order valence-corrected chi connectivity index (χ1v) is 6.51. The van der Waals surface area contributed by atoms with Gasteiger partial charge in [0.2, 0.25) is 0 Å². The molecule has 2 N–H and O–H groups in total. The Morgan fingerprint density at radius 1 is 1.19 bits per heavy atom. The molecule has 1 radical (unpaired) electrons. The van der Waals surface area contributed by atoms with Gasteiger partial charge in [0.1, 0.15) is 5.60 Å². The van der Waals surface area contributed by atoms with E-state index in [0.717, 1.165) is 5.56 Å². The quantitative estimate of drug-likeness (QED) is 0.633. The summed E-state index contributed by atoms with van der Waals surface area (Å²) < 4.78 is 5.07. The van der Waals surface area contributed by atoms with Crippen LogP contribution in [-0.2, 0) is 37.4 Å². The number of carbonyl (C=O) groups excluding carboxylic acids is 2. The second-order valence-corrected chi connectivity index (χ2v) is 5.44. The molecule has 5 nitrogen and oxygen atoms in total. The molecule has 6 heteroatoms. The first-order valence-electron chi connectivity index (χ1n) is 6.51. The summed E-state index contributed by atoms with van der Waals surface area (Å²) in [7, 11) is 0. The number of ether oxygens (including phenoxy) is 1. The molecule has 2 amide bonds. The van der Waals surface area contributed by atoms with E-state index in [1.54, 1.807) is 32.9 Å². The number of nitrogens with one attached hydrogen (secondary N) is 2. The molecule has 113 valence electrons. The average Bonchev–Trinajstić information content (AvgIpc) is 2.33. The molecule has 0 heterocycles. The summed E-state index contributed by atoms with van der Waals surface area (Å²) in [5, 5.41) is 5.28. The van der Waals surface area contributed by atoms with Crippen molar-refractivity contribution in [2.45, 2.75) is 33.3 Å². The van der Waals surface area contributed by atoms with Crippen LogP contribution in [0.2, 0.25) is 0 Å². The van der Waals surface area contributed by atoms with Gasteiger partial charge in [-0.1, -0.05) is 12.5 Å². The van der Waals surface area contributed by atoms with Crippen LogP contribution in [0.15, 0.2) is 18.2 Å². The van der Waals surface area contributed by atoms with Gasteiger partial charge in [0.15, 0.2) is 5.91 Å². The Kier molecular flexibility index (Phi) is 8.75. The standard InChI is InChI=1S/C15H21N2O3.Y/c1-11-5-7-12(8-6-11)13(18)16-9-10-17-14(19)20-15(2,3)4;/h5,7-8H,9-10H2,1-4H3,(H,16,18)(H,17,19);/q-1;. The van der Waals surface area contributed by atoms with Gasteiger partial charge in [0.25, 0.3) is 0 Å². The van der Waals surface area contributed by atoms with Gasteiger partial charge in [0.05, 0.1) is 0 Å². The summed E-state index contributed by atoms with van der Waals surface area (Å²) in [5.74, 6) is -0.188. The van der Waals surface area contributed by atoms with Crippen molar-refractivity contribution >= 4 is 12.0 Å². The van der Waals surface area contributed by atoms with E-state index in [-0.39, 0.29) is 38.6 Å². The van der Waals surface area contributed by atoms with Crippen molar-refractivity contribution in [3.8, 4) is 0 Å². The topological polar surface area (TPSA) is 67.4 Å². The molecule has 1 aromatic carbocycles. The van der Waals surface area contributed by atoms with Crippen LogP contribution < -0.4 is 10.6 Å². The van der Waals surface area contributed by atoms with Crippen molar-refractivity contribution < 1.29 is 47.0 Å². The number of hydrogen-bond acceptors (Lipinski definition) is 3. The fourth-order valence-electron chi connectivity index (χ4n) is 1.40. The van der Waals surface area contributed by atoms with E-state index in [4.69, 9.17) is 4.74 Å². The number of alkyl carbamates (subject to hydrolysis) is 1. The number of hydrogen-bond donors (Lipinski definition) is 2. The molecule has 0 aliphatic heterocycles. The Balaban J connectivity index is 0.00000400. The maximum Gasteiger partial charge on any atom is 0.407 e. The molecular formula is C15H21N2O3Y-. The van der Waals surface area contributed by atoms with Gasteiger partial charge in [-0.25, -0.2) is 4.79 Å². The number of rotatable bonds is 4. The Bertz CT molecular complexity index is 467. The van der Waals surface area contributed by atoms with Crippen molar-refractivity contribution in [2.75, 3.05) is 13.1 Å². The minimum atomic E-state index is -0.523. The maximum atomic E-state index is 11.8. The van der Waals surface area contributed by atoms with Gasteiger partial charge in [-0.3, -0.25) is 4.79 Å². The Morgan fingerprint density at radius 3 is 2.33 bits per heavy atom. The summed E-state index contributed by atoms with van der Waals surface area (Å²) >= 11 is 0. The van der Waals surface area contributed by atoms with Crippen LogP contribution in [0.25, 0.3) is 0 Å². The van der Waals surface area contributed by atoms with Gasteiger partial charge in [-0.2, -0.15) is 29.8 Å². The first kappa shape index (κ1) is 20.1. The van der Waals surface area contributed by atoms with Crippen LogP contribution in [0.4, 0.5) is 4.79 Å². The van der Waals surface area contributed by atoms with Crippen molar-refractivity contribution in [1.29, 1.82) is 0 Å². The van der Waals surface area contributed by atoms with E-state index in [1.807, 2.05) is 13.0 Å². The summed E-state index contributed by atoms with van der Waals surface area (Å²) in [6.45, 7) is 7.95. The summed E-state index contributed by atoms with van der Waals surface area (Å²) in [6.07, 6.45) is -0.490. The molecule has 0 spiro atoms. The molecule has 0 atom stereocenters. The van der Waals surface area contributed by atoms with Crippen molar-refractivity contribution in [1.82, 2.24) is 10.6 Å². The number of amides is 2. The predicted molar refractivity (Wildman–Crippen MR) is 76.6 cm³/mol. The van der Waals surface area contributed by atoms with Crippen LogP contribution in [0.3, 0.4) is 0 Å². The van der Waals surface area contributed by atoms with E-state index in [0.29, 0.717) is 18.7 Å². The van der Waals surface area contributed by atoms with Crippen LogP contribution in [-0.4, -0.2) is 30.7 Å². The van der Waals surface area contributed by atoms with Gasteiger partial charge >= 0.3 is 6.09 Å². The van der Waals surface area contributed by atoms with E-state index in [9.17, 15) is 9.59 Å². The van der Waals surface area contributed by atoms with Crippen LogP contribution in [0.1, 0.15) is 36.7 Å². The summed E-state index contributed by atoms with van der Waals surface area (Å²) in [5.41, 5.74) is 1.01. The number of carbonyl (C=O) groups is 2. The molecular weight excluding hydrogens is 345 g/mol. The Labute approximate surface area is 151 Å². The fourth-order valence-corrected chi connectivity index (χ4v) is 1.40. The summed E-state index contributed by atoms with van der Waals surface area (Å²) in [4.78, 5) is 23.1. The smallest absolute Gasteiger partial charge is 0.407 e. The molecule has 0 saturated carbocycles. The zero-order chi connectivity index (χ0) is 15.2. The molecule has 0 saturated heterocycles. The zero-order valence-corrected chi connectivity index (χ0v) is 15.8. The molecule has 0 aliphatic carbocycles. The van der Waals surface area contributed by atoms with Crippen LogP contribution >= 0.6 is 0 Å². The van der Waals surface area contributed by atoms with Gasteiger partial charge in [-0.15, -0.1) is 0 Å². The molecule has 21 heavy (non-hydrogen) atoms. The zero-order valence-electron chi connectivity index (χ0n) is 12.9. The summed E-state index contributed by atoms with van der Waals surface area (Å²) in [6, 6.07) is 8.18. The Morgan fingerprint density at radius 2 is 1.81 bits per heavy atom. The maximum absolute atomic E-state index is 11.8. The van der Waals surface area contributed by atoms with Crippen molar-refractivity contribution in [2.24, 2.45) is 0 Å². The molecule has 0 fully saturated rings. The third-order valence-corrected chi connectivity index (χ3v) is 2.31. The normalized spacial score (nSPS) is 10.3. The second kappa shape index (κ2) is 9.16. The van der Waals surface area contributed by atoms with E-state index < -0.39 is 11.7 Å². The van der Waals surface area contributed by atoms with E-state index in [2.05, 4.69) is 16.7 Å². The molecule has 0 aromatic heterocycles. The largest absolute Gasteiger partial charge is 0.444 e. The van der Waals surface area contributed by atoms with Gasteiger partial charge in [0, 0.05) is 45.8 Å². The molecule has 1 aromatic rings. The van der Waals surface area contributed by atoms with E-state index in [1.165, 1.54) is 0 Å². The third kappa shape index (κ3) is 8.84. The predicted octanol–water partition coefficient (Wildman–Crippen LogP) is 2.05. The van der Waals surface area contributed by atoms with Crippen molar-refractivity contribution in [3.05, 3.63) is 35.4 Å². The minimum Gasteiger partial charge on any atom is -0.444 e. The third-order valence-electron chi connectivity index (χ3n) is 2.31. The van der Waals surface area contributed by atoms with Gasteiger partial charge in [-0.05, 0) is 20.8 Å². The fraction of sp³-hybridized carbons (Fsp3) is 0.467. The first-order chi connectivity index (χ1) is 9.28. The van der Waals surface area contributed by atoms with Crippen molar-refractivity contribution in [3.63, 3.8) is 0 Å². The van der Waals surface area contributed by atoms with E-state index >= 15 is 0 Å². The number of aryl methyl sites for hydroxylation is 1.